The van der Waals surface area contributed by atoms with Gasteiger partial charge in [-0.15, -0.1) is 0 Å². The lowest BCUT2D eigenvalue weighted by atomic mass is 9.73. The van der Waals surface area contributed by atoms with Gasteiger partial charge < -0.3 is 49.9 Å². The van der Waals surface area contributed by atoms with E-state index in [-0.39, 0.29) is 24.5 Å². The minimum absolute atomic E-state index is 0.0802. The first-order valence-corrected chi connectivity index (χ1v) is 16.4. The molecule has 0 bridgehead atoms. The topological polar surface area (TPSA) is 199 Å². The van der Waals surface area contributed by atoms with Crippen LogP contribution < -0.4 is 0 Å². The Morgan fingerprint density at radius 2 is 1.61 bits per heavy atom. The first-order valence-electron chi connectivity index (χ1n) is 16.4. The standard InChI is InChI=1S/C33H60N2O11/c1-13-22-33(11,42)26(38)18(4)23(34-43)16(2)15-32(10,41)27(19(5)24(36)20(6)28(39)45-22)46-29-25(37)21(14-17(3)44-29)35(12)30(40)31(7,8)9/h16-22,24-27,29,36-38,41-43H,13-15H2,1-12H3/b34-23+/t16-,17-,18+,19+,20-,21+,22-,24+,25-,26-,27-,29+,32?,33-/m1/s1. The molecule has 0 aromatic rings. The molecule has 2 aliphatic heterocycles. The van der Waals surface area contributed by atoms with Crippen LogP contribution in [0.15, 0.2) is 5.16 Å². The first-order chi connectivity index (χ1) is 20.9. The molecule has 13 nitrogen and oxygen atoms in total. The summed E-state index contributed by atoms with van der Waals surface area (Å²) in [5, 5.41) is 71.1. The van der Waals surface area contributed by atoms with Gasteiger partial charge in [0, 0.05) is 30.2 Å². The van der Waals surface area contributed by atoms with E-state index in [2.05, 4.69) is 5.16 Å². The summed E-state index contributed by atoms with van der Waals surface area (Å²) >= 11 is 0. The van der Waals surface area contributed by atoms with Crippen LogP contribution >= 0.6 is 0 Å². The summed E-state index contributed by atoms with van der Waals surface area (Å²) in [4.78, 5) is 27.9. The van der Waals surface area contributed by atoms with Gasteiger partial charge in [-0.05, 0) is 47.0 Å². The number of carbonyl (C=O) groups excluding carboxylic acids is 2. The zero-order chi connectivity index (χ0) is 35.7. The van der Waals surface area contributed by atoms with E-state index in [0.717, 1.165) is 0 Å². The number of aliphatic hydroxyl groups excluding tert-OH is 3. The van der Waals surface area contributed by atoms with Crippen LogP contribution in [0.3, 0.4) is 0 Å². The van der Waals surface area contributed by atoms with E-state index < -0.39 is 95.2 Å². The molecular formula is C33H60N2O11. The van der Waals surface area contributed by atoms with Crippen molar-refractivity contribution in [1.82, 2.24) is 4.90 Å². The van der Waals surface area contributed by atoms with Gasteiger partial charge >= 0.3 is 5.97 Å². The molecule has 1 unspecified atom stereocenters. The molecule has 0 aliphatic carbocycles. The molecule has 2 rings (SSSR count). The van der Waals surface area contributed by atoms with E-state index in [0.29, 0.717) is 6.42 Å². The highest BCUT2D eigenvalue weighted by atomic mass is 16.7. The molecule has 2 saturated heterocycles. The number of hydrogen-bond donors (Lipinski definition) is 6. The second-order valence-electron chi connectivity index (χ2n) is 15.3. The Balaban J connectivity index is 2.60. The molecule has 2 aliphatic rings. The highest BCUT2D eigenvalue weighted by Gasteiger charge is 2.51. The normalized spacial score (nSPS) is 44.7. The van der Waals surface area contributed by atoms with Gasteiger partial charge in [0.1, 0.15) is 17.8 Å². The summed E-state index contributed by atoms with van der Waals surface area (Å²) in [5.74, 6) is -4.73. The zero-order valence-electron chi connectivity index (χ0n) is 29.7. The van der Waals surface area contributed by atoms with E-state index in [9.17, 15) is 40.3 Å². The number of hydrogen-bond acceptors (Lipinski definition) is 12. The molecule has 46 heavy (non-hydrogen) atoms. The van der Waals surface area contributed by atoms with Gasteiger partial charge in [-0.3, -0.25) is 9.59 Å². The molecule has 2 fully saturated rings. The van der Waals surface area contributed by atoms with Crippen LogP contribution in [0.25, 0.3) is 0 Å². The smallest absolute Gasteiger partial charge is 0.311 e. The molecule has 14 atom stereocenters. The second-order valence-corrected chi connectivity index (χ2v) is 15.3. The summed E-state index contributed by atoms with van der Waals surface area (Å²) in [5.41, 5.74) is -4.37. The van der Waals surface area contributed by atoms with E-state index in [1.54, 1.807) is 62.4 Å². The average Bonchev–Trinajstić information content (AvgIpc) is 2.96. The van der Waals surface area contributed by atoms with Crippen LogP contribution in [0, 0.1) is 29.1 Å². The highest BCUT2D eigenvalue weighted by molar-refractivity contribution is 5.88. The SMILES string of the molecule is CC[C@H]1OC(=O)[C@H](C)[C@@H](O)[C@H](C)[C@@H](O[C@@H]2O[C@H](C)C[C@H](N(C)C(=O)C(C)(C)C)[C@H]2O)C(C)(O)C[C@@H](C)/C(=N\O)[C@H](C)[C@@H](O)[C@]1(C)O. The number of esters is 1. The van der Waals surface area contributed by atoms with Gasteiger partial charge in [0.05, 0.1) is 47.7 Å². The third kappa shape index (κ3) is 8.58. The number of carbonyl (C=O) groups is 2. The number of likely N-dealkylation sites (N-methyl/N-ethyl adjacent to an activating group) is 1. The van der Waals surface area contributed by atoms with E-state index in [4.69, 9.17) is 14.2 Å². The number of rotatable bonds is 4. The van der Waals surface area contributed by atoms with Crippen molar-refractivity contribution in [2.24, 2.45) is 34.2 Å². The van der Waals surface area contributed by atoms with Crippen molar-refractivity contribution in [3.63, 3.8) is 0 Å². The van der Waals surface area contributed by atoms with Gasteiger partial charge in [0.15, 0.2) is 6.29 Å². The number of aliphatic hydroxyl groups is 5. The average molecular weight is 661 g/mol. The molecule has 0 aromatic heterocycles. The van der Waals surface area contributed by atoms with Crippen molar-refractivity contribution in [1.29, 1.82) is 0 Å². The fraction of sp³-hybridized carbons (Fsp3) is 0.909. The quantitative estimate of drug-likeness (QED) is 0.147. The van der Waals surface area contributed by atoms with Gasteiger partial charge in [-0.1, -0.05) is 53.6 Å². The fourth-order valence-electron chi connectivity index (χ4n) is 7.16. The maximum absolute atomic E-state index is 13.3. The molecule has 268 valence electrons. The number of nitrogens with zero attached hydrogens (tertiary/aromatic N) is 2. The third-order valence-corrected chi connectivity index (χ3v) is 10.0. The Morgan fingerprint density at radius 3 is 2.11 bits per heavy atom. The van der Waals surface area contributed by atoms with E-state index in [1.807, 2.05) is 0 Å². The predicted molar refractivity (Wildman–Crippen MR) is 170 cm³/mol. The Hall–Kier alpha value is -1.87. The monoisotopic (exact) mass is 660 g/mol. The third-order valence-electron chi connectivity index (χ3n) is 10.0. The molecule has 1 amide bonds. The lowest BCUT2D eigenvalue weighted by Gasteiger charge is -2.48. The maximum Gasteiger partial charge on any atom is 0.311 e. The van der Waals surface area contributed by atoms with Crippen LogP contribution in [-0.4, -0.2) is 120 Å². The molecule has 6 N–H and O–H groups in total. The zero-order valence-corrected chi connectivity index (χ0v) is 29.7. The summed E-state index contributed by atoms with van der Waals surface area (Å²) in [7, 11) is 1.61. The fourth-order valence-corrected chi connectivity index (χ4v) is 7.16. The summed E-state index contributed by atoms with van der Waals surface area (Å²) in [6, 6.07) is -0.675. The van der Waals surface area contributed by atoms with Crippen LogP contribution in [0.2, 0.25) is 0 Å². The Kier molecular flexibility index (Phi) is 13.3. The largest absolute Gasteiger partial charge is 0.459 e. The van der Waals surface area contributed by atoms with Gasteiger partial charge in [0.2, 0.25) is 5.91 Å². The van der Waals surface area contributed by atoms with Crippen molar-refractivity contribution in [2.75, 3.05) is 7.05 Å². The van der Waals surface area contributed by atoms with E-state index in [1.165, 1.54) is 25.7 Å². The molecule has 0 radical (unpaired) electrons. The summed E-state index contributed by atoms with van der Waals surface area (Å²) in [6.07, 6.45) is -8.10. The lowest BCUT2D eigenvalue weighted by Crippen LogP contribution is -2.61. The van der Waals surface area contributed by atoms with Crippen LogP contribution in [0.5, 0.6) is 0 Å². The van der Waals surface area contributed by atoms with Gasteiger partial charge in [0.25, 0.3) is 0 Å². The molecular weight excluding hydrogens is 600 g/mol. The summed E-state index contributed by atoms with van der Waals surface area (Å²) < 4.78 is 18.0. The molecule has 0 aromatic carbocycles. The number of ether oxygens (including phenoxy) is 3. The first kappa shape index (κ1) is 40.3. The van der Waals surface area contributed by atoms with E-state index >= 15 is 0 Å². The minimum atomic E-state index is -1.95. The molecule has 0 spiro atoms. The highest BCUT2D eigenvalue weighted by Crippen LogP contribution is 2.38. The van der Waals surface area contributed by atoms with Crippen molar-refractivity contribution in [3.8, 4) is 0 Å². The Bertz CT molecular complexity index is 1070. The van der Waals surface area contributed by atoms with Gasteiger partial charge in [-0.25, -0.2) is 0 Å². The van der Waals surface area contributed by atoms with Crippen LogP contribution in [-0.2, 0) is 23.8 Å². The van der Waals surface area contributed by atoms with Gasteiger partial charge in [-0.2, -0.15) is 0 Å². The predicted octanol–water partition coefficient (Wildman–Crippen LogP) is 2.06. The van der Waals surface area contributed by atoms with Crippen molar-refractivity contribution in [2.45, 2.75) is 156 Å². The van der Waals surface area contributed by atoms with Crippen molar-refractivity contribution in [3.05, 3.63) is 0 Å². The number of oxime groups is 1. The summed E-state index contributed by atoms with van der Waals surface area (Å²) in [6.45, 7) is 17.9. The Labute approximate surface area is 273 Å². The van der Waals surface area contributed by atoms with Crippen LogP contribution in [0.4, 0.5) is 0 Å². The van der Waals surface area contributed by atoms with Crippen molar-refractivity contribution < 1.29 is 54.5 Å². The Morgan fingerprint density at radius 1 is 1.04 bits per heavy atom. The van der Waals surface area contributed by atoms with Crippen LogP contribution in [0.1, 0.15) is 95.4 Å². The second kappa shape index (κ2) is 15.1. The molecule has 13 heteroatoms. The lowest BCUT2D eigenvalue weighted by molar-refractivity contribution is -0.298. The minimum Gasteiger partial charge on any atom is -0.459 e. The molecule has 0 saturated carbocycles. The molecule has 2 heterocycles. The maximum atomic E-state index is 13.3. The number of cyclic esters (lactones) is 1. The number of amides is 1. The van der Waals surface area contributed by atoms with Crippen molar-refractivity contribution >= 4 is 17.6 Å².